The minimum Gasteiger partial charge on any atom is -0.397 e. The Kier molecular flexibility index (Phi) is 2.45. The fourth-order valence-electron chi connectivity index (χ4n) is 1.88. The zero-order valence-electron chi connectivity index (χ0n) is 9.55. The van der Waals surface area contributed by atoms with Gasteiger partial charge in [0.15, 0.2) is 17.5 Å². The molecule has 6 heteroatoms. The van der Waals surface area contributed by atoms with E-state index in [9.17, 15) is 13.2 Å². The van der Waals surface area contributed by atoms with E-state index in [4.69, 9.17) is 5.73 Å². The maximum atomic E-state index is 13.2. The van der Waals surface area contributed by atoms with Crippen molar-refractivity contribution in [1.29, 1.82) is 0 Å². The summed E-state index contributed by atoms with van der Waals surface area (Å²) in [5.41, 5.74) is 7.45. The Morgan fingerprint density at radius 2 is 1.74 bits per heavy atom. The fraction of sp³-hybridized carbons (Fsp3) is 0. The molecule has 96 valence electrons. The van der Waals surface area contributed by atoms with E-state index in [-0.39, 0.29) is 11.4 Å². The molecular weight excluding hydrogens is 255 g/mol. The van der Waals surface area contributed by atoms with Crippen LogP contribution in [0.5, 0.6) is 0 Å². The molecule has 0 unspecified atom stereocenters. The molecule has 3 N–H and O–H groups in total. The largest absolute Gasteiger partial charge is 0.397 e. The molecule has 0 atom stereocenters. The molecule has 0 aliphatic rings. The summed E-state index contributed by atoms with van der Waals surface area (Å²) in [5.74, 6) is -3.79. The van der Waals surface area contributed by atoms with Crippen molar-refractivity contribution in [2.24, 2.45) is 0 Å². The second-order valence-corrected chi connectivity index (χ2v) is 4.08. The molecule has 19 heavy (non-hydrogen) atoms. The van der Waals surface area contributed by atoms with Crippen LogP contribution in [0.15, 0.2) is 30.3 Å². The molecule has 0 spiro atoms. The van der Waals surface area contributed by atoms with E-state index >= 15 is 0 Å². The molecule has 0 aliphatic heterocycles. The number of hydrogen-bond donors (Lipinski definition) is 2. The van der Waals surface area contributed by atoms with Gasteiger partial charge in [0.1, 0.15) is 11.3 Å². The highest BCUT2D eigenvalue weighted by molar-refractivity contribution is 5.89. The lowest BCUT2D eigenvalue weighted by Crippen LogP contribution is -1.92. The second kappa shape index (κ2) is 4.01. The molecule has 3 aromatic rings. The number of aromatic amines is 1. The lowest BCUT2D eigenvalue weighted by atomic mass is 10.2. The van der Waals surface area contributed by atoms with Crippen molar-refractivity contribution in [3.8, 4) is 11.4 Å². The number of nitrogen functional groups attached to an aromatic ring is 1. The third-order valence-corrected chi connectivity index (χ3v) is 2.80. The predicted molar refractivity (Wildman–Crippen MR) is 65.8 cm³/mol. The number of nitrogens with one attached hydrogen (secondary N) is 1. The molecule has 3 nitrogen and oxygen atoms in total. The van der Waals surface area contributed by atoms with Gasteiger partial charge in [-0.1, -0.05) is 6.07 Å². The van der Waals surface area contributed by atoms with Crippen LogP contribution in [0.1, 0.15) is 0 Å². The van der Waals surface area contributed by atoms with Crippen molar-refractivity contribution >= 4 is 16.7 Å². The number of aromatic nitrogens is 2. The van der Waals surface area contributed by atoms with Crippen molar-refractivity contribution in [3.63, 3.8) is 0 Å². The van der Waals surface area contributed by atoms with Crippen molar-refractivity contribution < 1.29 is 13.2 Å². The molecular formula is C13H8F3N3. The van der Waals surface area contributed by atoms with Crippen LogP contribution >= 0.6 is 0 Å². The number of para-hydroxylation sites is 1. The smallest absolute Gasteiger partial charge is 0.194 e. The Bertz CT molecular complexity index is 757. The number of H-pyrrole nitrogens is 1. The summed E-state index contributed by atoms with van der Waals surface area (Å²) in [4.78, 5) is 7.04. The number of imidazole rings is 1. The van der Waals surface area contributed by atoms with E-state index in [1.54, 1.807) is 18.2 Å². The van der Waals surface area contributed by atoms with Crippen molar-refractivity contribution in [3.05, 3.63) is 47.8 Å². The maximum Gasteiger partial charge on any atom is 0.194 e. The minimum atomic E-state index is -1.50. The summed E-state index contributed by atoms with van der Waals surface area (Å²) in [7, 11) is 0. The number of anilines is 1. The van der Waals surface area contributed by atoms with E-state index < -0.39 is 17.5 Å². The molecule has 0 aliphatic carbocycles. The van der Waals surface area contributed by atoms with Gasteiger partial charge in [-0.3, -0.25) is 0 Å². The number of fused-ring (bicyclic) bond motifs is 1. The van der Waals surface area contributed by atoms with Crippen LogP contribution in [0.4, 0.5) is 18.9 Å². The molecule has 0 fully saturated rings. The van der Waals surface area contributed by atoms with Gasteiger partial charge in [-0.2, -0.15) is 0 Å². The first-order valence-corrected chi connectivity index (χ1v) is 5.45. The van der Waals surface area contributed by atoms with Gasteiger partial charge in [0.05, 0.1) is 11.2 Å². The van der Waals surface area contributed by atoms with Crippen LogP contribution in [-0.4, -0.2) is 9.97 Å². The van der Waals surface area contributed by atoms with Gasteiger partial charge in [-0.25, -0.2) is 18.2 Å². The lowest BCUT2D eigenvalue weighted by molar-refractivity contribution is 0.447. The molecule has 0 saturated heterocycles. The molecule has 0 amide bonds. The van der Waals surface area contributed by atoms with Crippen molar-refractivity contribution in [1.82, 2.24) is 9.97 Å². The Morgan fingerprint density at radius 1 is 1.05 bits per heavy atom. The highest BCUT2D eigenvalue weighted by Crippen LogP contribution is 2.26. The van der Waals surface area contributed by atoms with Crippen molar-refractivity contribution in [2.45, 2.75) is 0 Å². The highest BCUT2D eigenvalue weighted by Gasteiger charge is 2.14. The number of hydrogen-bond acceptors (Lipinski definition) is 2. The van der Waals surface area contributed by atoms with Crippen LogP contribution in [0, 0.1) is 17.5 Å². The van der Waals surface area contributed by atoms with E-state index in [0.29, 0.717) is 16.7 Å². The highest BCUT2D eigenvalue weighted by atomic mass is 19.2. The van der Waals surface area contributed by atoms with Gasteiger partial charge in [0.25, 0.3) is 0 Å². The molecule has 1 heterocycles. The van der Waals surface area contributed by atoms with Gasteiger partial charge >= 0.3 is 0 Å². The summed E-state index contributed by atoms with van der Waals surface area (Å²) in [6, 6.07) is 6.89. The third kappa shape index (κ3) is 1.81. The van der Waals surface area contributed by atoms with Crippen LogP contribution in [-0.2, 0) is 0 Å². The number of benzene rings is 2. The number of halogens is 3. The standard InChI is InChI=1S/C13H8F3N3/c14-7-4-6(5-8(15)11(7)16)13-18-10-3-1-2-9(17)12(10)19-13/h1-5H,17H2,(H,18,19). The third-order valence-electron chi connectivity index (χ3n) is 2.80. The van der Waals surface area contributed by atoms with Crippen LogP contribution < -0.4 is 5.73 Å². The number of nitrogens with two attached hydrogens (primary N) is 1. The fourth-order valence-corrected chi connectivity index (χ4v) is 1.88. The summed E-state index contributed by atoms with van der Waals surface area (Å²) >= 11 is 0. The first-order valence-electron chi connectivity index (χ1n) is 5.45. The molecule has 0 radical (unpaired) electrons. The van der Waals surface area contributed by atoms with Crippen LogP contribution in [0.3, 0.4) is 0 Å². The SMILES string of the molecule is Nc1cccc2[nH]c(-c3cc(F)c(F)c(F)c3)nc12. The quantitative estimate of drug-likeness (QED) is 0.523. The van der Waals surface area contributed by atoms with Gasteiger partial charge in [0.2, 0.25) is 0 Å². The zero-order chi connectivity index (χ0) is 13.6. The average Bonchev–Trinajstić information content (AvgIpc) is 2.81. The van der Waals surface area contributed by atoms with Crippen LogP contribution in [0.2, 0.25) is 0 Å². The van der Waals surface area contributed by atoms with Crippen molar-refractivity contribution in [2.75, 3.05) is 5.73 Å². The average molecular weight is 263 g/mol. The molecule has 1 aromatic heterocycles. The summed E-state index contributed by atoms with van der Waals surface area (Å²) < 4.78 is 39.3. The van der Waals surface area contributed by atoms with Gasteiger partial charge in [-0.05, 0) is 24.3 Å². The maximum absolute atomic E-state index is 13.2. The number of rotatable bonds is 1. The van der Waals surface area contributed by atoms with Gasteiger partial charge in [-0.15, -0.1) is 0 Å². The molecule has 2 aromatic carbocycles. The Balaban J connectivity index is 2.22. The summed E-state index contributed by atoms with van der Waals surface area (Å²) in [6.07, 6.45) is 0. The summed E-state index contributed by atoms with van der Waals surface area (Å²) in [6.45, 7) is 0. The normalized spacial score (nSPS) is 11.1. The first-order chi connectivity index (χ1) is 9.06. The monoisotopic (exact) mass is 263 g/mol. The predicted octanol–water partition coefficient (Wildman–Crippen LogP) is 3.23. The van der Waals surface area contributed by atoms with E-state index in [1.165, 1.54) is 0 Å². The number of nitrogens with zero attached hydrogens (tertiary/aromatic N) is 1. The van der Waals surface area contributed by atoms with E-state index in [1.807, 2.05) is 0 Å². The molecule has 0 saturated carbocycles. The minimum absolute atomic E-state index is 0.118. The Morgan fingerprint density at radius 3 is 2.37 bits per heavy atom. The first kappa shape index (κ1) is 11.6. The van der Waals surface area contributed by atoms with Gasteiger partial charge in [0, 0.05) is 5.56 Å². The van der Waals surface area contributed by atoms with Gasteiger partial charge < -0.3 is 10.7 Å². The van der Waals surface area contributed by atoms with Crippen LogP contribution in [0.25, 0.3) is 22.4 Å². The Labute approximate surface area is 105 Å². The second-order valence-electron chi connectivity index (χ2n) is 4.08. The van der Waals surface area contributed by atoms with E-state index in [0.717, 1.165) is 12.1 Å². The summed E-state index contributed by atoms with van der Waals surface area (Å²) in [5, 5.41) is 0. The molecule has 3 rings (SSSR count). The zero-order valence-corrected chi connectivity index (χ0v) is 9.55. The Hall–Kier alpha value is -2.50. The topological polar surface area (TPSA) is 54.7 Å². The van der Waals surface area contributed by atoms with E-state index in [2.05, 4.69) is 9.97 Å². The molecule has 0 bridgehead atoms. The lowest BCUT2D eigenvalue weighted by Gasteiger charge is -1.99.